The molecule has 12 nitrogen and oxygen atoms in total. The van der Waals surface area contributed by atoms with E-state index < -0.39 is 5.60 Å². The minimum absolute atomic E-state index is 0.0854. The van der Waals surface area contributed by atoms with Crippen LogP contribution in [0.5, 0.6) is 6.01 Å². The van der Waals surface area contributed by atoms with Gasteiger partial charge in [0.1, 0.15) is 23.6 Å². The fourth-order valence-electron chi connectivity index (χ4n) is 7.91. The first-order valence-electron chi connectivity index (χ1n) is 16.4. The predicted molar refractivity (Wildman–Crippen MR) is 172 cm³/mol. The van der Waals surface area contributed by atoms with Crippen molar-refractivity contribution < 1.29 is 14.3 Å². The molecule has 46 heavy (non-hydrogen) atoms. The molecule has 242 valence electrons. The fraction of sp³-hybridized carbons (Fsp3) is 0.559. The first-order chi connectivity index (χ1) is 22.2. The lowest BCUT2D eigenvalue weighted by atomic mass is 9.72. The quantitative estimate of drug-likeness (QED) is 0.420. The topological polar surface area (TPSA) is 139 Å². The Bertz CT molecular complexity index is 1710. The molecule has 1 unspecified atom stereocenters. The monoisotopic (exact) mass is 625 g/mol. The first-order valence-corrected chi connectivity index (χ1v) is 16.4. The van der Waals surface area contributed by atoms with Crippen molar-refractivity contribution in [2.24, 2.45) is 0 Å². The SMILES string of the molecule is C[C@H](Oc1nc2c(c(N3CCCn4nc(C(=O)N(C)C)cc4C3)n1)CO[C@@]1(CCCc3ccc(N)c(C#N)c31)C2)C1CCCN1C. The van der Waals surface area contributed by atoms with E-state index in [9.17, 15) is 10.1 Å². The van der Waals surface area contributed by atoms with E-state index in [1.54, 1.807) is 19.0 Å². The van der Waals surface area contributed by atoms with Gasteiger partial charge in [-0.3, -0.25) is 14.4 Å². The number of nitriles is 1. The van der Waals surface area contributed by atoms with Gasteiger partial charge in [-0.1, -0.05) is 6.07 Å². The number of carbonyl (C=O) groups is 1. The number of benzene rings is 1. The van der Waals surface area contributed by atoms with Crippen molar-refractivity contribution in [2.45, 2.75) is 89.3 Å². The molecule has 2 aromatic heterocycles. The molecule has 0 bridgehead atoms. The van der Waals surface area contributed by atoms with E-state index in [1.807, 2.05) is 22.9 Å². The molecule has 1 fully saturated rings. The zero-order chi connectivity index (χ0) is 32.2. The van der Waals surface area contributed by atoms with Crippen LogP contribution in [0.4, 0.5) is 11.5 Å². The summed E-state index contributed by atoms with van der Waals surface area (Å²) in [6.07, 6.45) is 6.10. The summed E-state index contributed by atoms with van der Waals surface area (Å²) in [5, 5.41) is 14.8. The number of aromatic nitrogens is 4. The Morgan fingerprint density at radius 2 is 2.07 bits per heavy atom. The van der Waals surface area contributed by atoms with Crippen molar-refractivity contribution in [1.82, 2.24) is 29.5 Å². The number of likely N-dealkylation sites (tertiary alicyclic amines) is 1. The van der Waals surface area contributed by atoms with Gasteiger partial charge >= 0.3 is 6.01 Å². The first kappa shape index (κ1) is 30.4. The Labute approximate surface area is 270 Å². The number of nitrogens with two attached hydrogens (primary N) is 1. The van der Waals surface area contributed by atoms with Crippen LogP contribution in [0.3, 0.4) is 0 Å². The molecule has 2 N–H and O–H groups in total. The molecule has 3 atom stereocenters. The number of nitrogens with zero attached hydrogens (tertiary/aromatic N) is 8. The second-order valence-corrected chi connectivity index (χ2v) is 13.5. The molecule has 1 saturated heterocycles. The Morgan fingerprint density at radius 1 is 1.22 bits per heavy atom. The summed E-state index contributed by atoms with van der Waals surface area (Å²) in [5.74, 6) is 0.679. The predicted octanol–water partition coefficient (Wildman–Crippen LogP) is 3.41. The van der Waals surface area contributed by atoms with Gasteiger partial charge in [0.05, 0.1) is 30.1 Å². The summed E-state index contributed by atoms with van der Waals surface area (Å²) in [4.78, 5) is 29.0. The van der Waals surface area contributed by atoms with Gasteiger partial charge in [-0.25, -0.2) is 0 Å². The number of ether oxygens (including phenoxy) is 2. The number of hydrogen-bond acceptors (Lipinski definition) is 10. The number of anilines is 2. The van der Waals surface area contributed by atoms with E-state index in [0.29, 0.717) is 55.1 Å². The van der Waals surface area contributed by atoms with Gasteiger partial charge in [0.25, 0.3) is 5.91 Å². The van der Waals surface area contributed by atoms with Crippen LogP contribution < -0.4 is 15.4 Å². The number of nitrogen functional groups attached to an aromatic ring is 1. The molecule has 4 aliphatic rings. The van der Waals surface area contributed by atoms with E-state index in [-0.39, 0.29) is 12.0 Å². The Balaban J connectivity index is 1.29. The average Bonchev–Trinajstić information content (AvgIpc) is 3.60. The largest absolute Gasteiger partial charge is 0.459 e. The van der Waals surface area contributed by atoms with E-state index in [2.05, 4.69) is 34.9 Å². The lowest BCUT2D eigenvalue weighted by Crippen LogP contribution is -2.42. The van der Waals surface area contributed by atoms with E-state index in [1.165, 1.54) is 0 Å². The van der Waals surface area contributed by atoms with Gasteiger partial charge in [0.2, 0.25) is 0 Å². The minimum atomic E-state index is -0.694. The van der Waals surface area contributed by atoms with E-state index in [0.717, 1.165) is 85.5 Å². The fourth-order valence-corrected chi connectivity index (χ4v) is 7.91. The molecule has 1 aliphatic carbocycles. The number of aryl methyl sites for hydroxylation is 2. The molecule has 12 heteroatoms. The Hall–Kier alpha value is -4.21. The summed E-state index contributed by atoms with van der Waals surface area (Å²) in [6.45, 7) is 5.48. The van der Waals surface area contributed by atoms with Crippen LogP contribution in [0, 0.1) is 11.3 Å². The van der Waals surface area contributed by atoms with Gasteiger partial charge < -0.3 is 25.0 Å². The van der Waals surface area contributed by atoms with Crippen LogP contribution in [-0.2, 0) is 42.9 Å². The summed E-state index contributed by atoms with van der Waals surface area (Å²) in [6, 6.07) is 8.81. The summed E-state index contributed by atoms with van der Waals surface area (Å²) in [5.41, 5.74) is 11.9. The van der Waals surface area contributed by atoms with Crippen LogP contribution in [0.2, 0.25) is 0 Å². The smallest absolute Gasteiger partial charge is 0.318 e. The van der Waals surface area contributed by atoms with Crippen molar-refractivity contribution in [1.29, 1.82) is 5.26 Å². The lowest BCUT2D eigenvalue weighted by Gasteiger charge is -2.43. The summed E-state index contributed by atoms with van der Waals surface area (Å²) < 4.78 is 15.3. The average molecular weight is 626 g/mol. The molecule has 1 aromatic carbocycles. The second kappa shape index (κ2) is 11.9. The van der Waals surface area contributed by atoms with Gasteiger partial charge in [-0.15, -0.1) is 0 Å². The number of fused-ring (bicyclic) bond motifs is 4. The standard InChI is InChI=1S/C34H43N9O3/c1-21(29-9-6-13-41(29)4)46-33-37-28-17-34(12-5-8-22-10-11-26(36)24(18-35)30(22)34)45-20-25(28)31(38-33)42-14-7-15-43-23(19-42)16-27(39-43)32(44)40(2)3/h10-11,16,21,29H,5-9,12-15,17,19-20,36H2,1-4H3/t21-,29?,34-/m0/s1. The third-order valence-corrected chi connectivity index (χ3v) is 10.3. The summed E-state index contributed by atoms with van der Waals surface area (Å²) in [7, 11) is 5.62. The molecule has 0 saturated carbocycles. The highest BCUT2D eigenvalue weighted by molar-refractivity contribution is 5.92. The van der Waals surface area contributed by atoms with Crippen LogP contribution in [0.25, 0.3) is 0 Å². The molecular formula is C34H43N9O3. The number of amides is 1. The van der Waals surface area contributed by atoms with E-state index in [4.69, 9.17) is 25.2 Å². The maximum absolute atomic E-state index is 12.7. The van der Waals surface area contributed by atoms with Gasteiger partial charge in [-0.05, 0) is 76.7 Å². The zero-order valence-electron chi connectivity index (χ0n) is 27.3. The lowest BCUT2D eigenvalue weighted by molar-refractivity contribution is -0.0857. The molecule has 3 aromatic rings. The van der Waals surface area contributed by atoms with Crippen LogP contribution in [-0.4, -0.2) is 81.8 Å². The molecule has 5 heterocycles. The molecule has 3 aliphatic heterocycles. The van der Waals surface area contributed by atoms with Crippen LogP contribution in [0.1, 0.15) is 83.2 Å². The van der Waals surface area contributed by atoms with Gasteiger partial charge in [0, 0.05) is 56.5 Å². The highest BCUT2D eigenvalue weighted by atomic mass is 16.5. The molecule has 1 spiro atoms. The van der Waals surface area contributed by atoms with Gasteiger partial charge in [-0.2, -0.15) is 20.3 Å². The third-order valence-electron chi connectivity index (χ3n) is 10.3. The Kier molecular flexibility index (Phi) is 7.85. The number of rotatable bonds is 5. The summed E-state index contributed by atoms with van der Waals surface area (Å²) >= 11 is 0. The van der Waals surface area contributed by atoms with Crippen molar-refractivity contribution in [3.05, 3.63) is 57.5 Å². The van der Waals surface area contributed by atoms with Crippen molar-refractivity contribution in [2.75, 3.05) is 44.9 Å². The van der Waals surface area contributed by atoms with Crippen molar-refractivity contribution in [3.63, 3.8) is 0 Å². The van der Waals surface area contributed by atoms with Crippen molar-refractivity contribution in [3.8, 4) is 12.1 Å². The maximum atomic E-state index is 12.7. The zero-order valence-corrected chi connectivity index (χ0v) is 27.3. The highest BCUT2D eigenvalue weighted by Crippen LogP contribution is 2.48. The van der Waals surface area contributed by atoms with Crippen LogP contribution in [0.15, 0.2) is 18.2 Å². The number of hydrogen-bond donors (Lipinski definition) is 1. The molecule has 0 radical (unpaired) electrons. The third kappa shape index (κ3) is 5.25. The van der Waals surface area contributed by atoms with Crippen molar-refractivity contribution >= 4 is 17.4 Å². The highest BCUT2D eigenvalue weighted by Gasteiger charge is 2.45. The number of carbonyl (C=O) groups excluding carboxylic acids is 1. The maximum Gasteiger partial charge on any atom is 0.318 e. The second-order valence-electron chi connectivity index (χ2n) is 13.5. The minimum Gasteiger partial charge on any atom is -0.459 e. The molecule has 1 amide bonds. The normalized spacial score (nSPS) is 23.2. The molecular weight excluding hydrogens is 582 g/mol. The Morgan fingerprint density at radius 3 is 2.83 bits per heavy atom. The molecule has 7 rings (SSSR count). The van der Waals surface area contributed by atoms with Crippen LogP contribution >= 0.6 is 0 Å². The van der Waals surface area contributed by atoms with E-state index >= 15 is 0 Å². The number of likely N-dealkylation sites (N-methyl/N-ethyl adjacent to an activating group) is 1. The van der Waals surface area contributed by atoms with Gasteiger partial charge in [0.15, 0.2) is 5.69 Å².